The second-order valence-corrected chi connectivity index (χ2v) is 14.4. The average molecular weight is 674 g/mol. The Bertz CT molecular complexity index is 731. The summed E-state index contributed by atoms with van der Waals surface area (Å²) in [5, 5.41) is 22.9. The topological polar surface area (TPSA) is 69.6 Å². The van der Waals surface area contributed by atoms with Crippen molar-refractivity contribution in [3.05, 3.63) is 36.5 Å². The van der Waals surface area contributed by atoms with Crippen molar-refractivity contribution < 1.29 is 15.0 Å². The predicted octanol–water partition coefficient (Wildman–Crippen LogP) is 13.0. The number of aliphatic hydroxyl groups is 2. The maximum atomic E-state index is 12.3. The number of rotatable bonds is 38. The molecule has 2 atom stereocenters. The van der Waals surface area contributed by atoms with Gasteiger partial charge in [0.2, 0.25) is 5.91 Å². The highest BCUT2D eigenvalue weighted by Crippen LogP contribution is 2.16. The molecule has 0 saturated carbocycles. The highest BCUT2D eigenvalue weighted by molar-refractivity contribution is 5.76. The van der Waals surface area contributed by atoms with Crippen molar-refractivity contribution in [2.75, 3.05) is 6.61 Å². The molecular formula is C44H83NO3. The summed E-state index contributed by atoms with van der Waals surface area (Å²) in [7, 11) is 0. The monoisotopic (exact) mass is 674 g/mol. The van der Waals surface area contributed by atoms with Gasteiger partial charge in [-0.15, -0.1) is 0 Å². The van der Waals surface area contributed by atoms with Gasteiger partial charge in [-0.1, -0.05) is 211 Å². The van der Waals surface area contributed by atoms with E-state index in [9.17, 15) is 15.0 Å². The molecule has 4 nitrogen and oxygen atoms in total. The quantitative estimate of drug-likeness (QED) is 0.0451. The number of unbranched alkanes of at least 4 members (excludes halogenated alkanes) is 27. The Kier molecular flexibility index (Phi) is 38.9. The summed E-state index contributed by atoms with van der Waals surface area (Å²) in [6.45, 7) is 4.22. The number of nitrogens with one attached hydrogen (secondary N) is 1. The van der Waals surface area contributed by atoms with Crippen LogP contribution >= 0.6 is 0 Å². The standard InChI is InChI=1S/C44H83NO3/c1-3-5-7-9-11-13-15-16-17-18-19-20-21-22-23-24-25-26-27-28-30-32-34-36-38-40-44(48)45-42(41-46)43(47)39-37-35-33-31-29-14-12-10-8-6-4-2/h8,10,29,31,37,39,42-43,46-47H,3-7,9,11-28,30,32-36,38,40-41H2,1-2H3,(H,45,48)/b10-8+,31-29+,39-37+. The van der Waals surface area contributed by atoms with Crippen LogP contribution in [0.4, 0.5) is 0 Å². The van der Waals surface area contributed by atoms with E-state index in [1.165, 1.54) is 154 Å². The summed E-state index contributed by atoms with van der Waals surface area (Å²) in [6.07, 6.45) is 52.6. The number of carbonyl (C=O) groups excluding carboxylic acids is 1. The van der Waals surface area contributed by atoms with Crippen molar-refractivity contribution in [1.82, 2.24) is 5.32 Å². The van der Waals surface area contributed by atoms with Crippen LogP contribution < -0.4 is 5.32 Å². The molecule has 282 valence electrons. The van der Waals surface area contributed by atoms with Gasteiger partial charge < -0.3 is 15.5 Å². The first-order chi connectivity index (χ1) is 23.7. The van der Waals surface area contributed by atoms with Crippen molar-refractivity contribution >= 4 is 5.91 Å². The second kappa shape index (κ2) is 40.0. The van der Waals surface area contributed by atoms with Crippen LogP contribution in [0.25, 0.3) is 0 Å². The Balaban J connectivity index is 3.49. The Labute approximate surface area is 300 Å². The molecule has 0 heterocycles. The van der Waals surface area contributed by atoms with Gasteiger partial charge in [-0.2, -0.15) is 0 Å². The maximum absolute atomic E-state index is 12.3. The van der Waals surface area contributed by atoms with E-state index in [-0.39, 0.29) is 12.5 Å². The van der Waals surface area contributed by atoms with Gasteiger partial charge in [0.15, 0.2) is 0 Å². The molecular weight excluding hydrogens is 590 g/mol. The number of amides is 1. The normalized spacial score (nSPS) is 13.3. The zero-order valence-corrected chi connectivity index (χ0v) is 32.3. The molecule has 4 heteroatoms. The largest absolute Gasteiger partial charge is 0.394 e. The summed E-state index contributed by atoms with van der Waals surface area (Å²) in [5.41, 5.74) is 0. The molecule has 0 aromatic carbocycles. The Morgan fingerprint density at radius 3 is 1.17 bits per heavy atom. The predicted molar refractivity (Wildman–Crippen MR) is 212 cm³/mol. The molecule has 0 radical (unpaired) electrons. The molecule has 48 heavy (non-hydrogen) atoms. The molecule has 3 N–H and O–H groups in total. The number of hydrogen-bond donors (Lipinski definition) is 3. The summed E-state index contributed by atoms with van der Waals surface area (Å²) in [4.78, 5) is 12.3. The Morgan fingerprint density at radius 2 is 0.812 bits per heavy atom. The van der Waals surface area contributed by atoms with Crippen LogP contribution in [0.1, 0.15) is 219 Å². The van der Waals surface area contributed by atoms with E-state index in [1.807, 2.05) is 6.08 Å². The minimum absolute atomic E-state index is 0.0773. The molecule has 0 saturated heterocycles. The molecule has 0 aliphatic carbocycles. The summed E-state index contributed by atoms with van der Waals surface area (Å²) >= 11 is 0. The Hall–Kier alpha value is -1.39. The van der Waals surface area contributed by atoms with Gasteiger partial charge in [0.05, 0.1) is 18.8 Å². The molecule has 0 fully saturated rings. The van der Waals surface area contributed by atoms with E-state index >= 15 is 0 Å². The lowest BCUT2D eigenvalue weighted by Gasteiger charge is -2.19. The fourth-order valence-electron chi connectivity index (χ4n) is 6.34. The molecule has 1 amide bonds. The van der Waals surface area contributed by atoms with Crippen LogP contribution in [-0.2, 0) is 4.79 Å². The minimum Gasteiger partial charge on any atom is -0.394 e. The van der Waals surface area contributed by atoms with Crippen LogP contribution in [0, 0.1) is 0 Å². The van der Waals surface area contributed by atoms with Crippen molar-refractivity contribution in [3.8, 4) is 0 Å². The van der Waals surface area contributed by atoms with Crippen molar-refractivity contribution in [3.63, 3.8) is 0 Å². The van der Waals surface area contributed by atoms with Crippen molar-refractivity contribution in [1.29, 1.82) is 0 Å². The van der Waals surface area contributed by atoms with Crippen LogP contribution in [0.3, 0.4) is 0 Å². The molecule has 0 aliphatic heterocycles. The summed E-state index contributed by atoms with van der Waals surface area (Å²) < 4.78 is 0. The molecule has 2 unspecified atom stereocenters. The average Bonchev–Trinajstić information content (AvgIpc) is 3.09. The highest BCUT2D eigenvalue weighted by atomic mass is 16.3. The van der Waals surface area contributed by atoms with E-state index in [1.54, 1.807) is 6.08 Å². The van der Waals surface area contributed by atoms with Gasteiger partial charge in [-0.3, -0.25) is 4.79 Å². The highest BCUT2D eigenvalue weighted by Gasteiger charge is 2.17. The first-order valence-electron chi connectivity index (χ1n) is 21.2. The Morgan fingerprint density at radius 1 is 0.479 bits per heavy atom. The molecule has 0 bridgehead atoms. The third kappa shape index (κ3) is 35.9. The molecule has 0 aromatic rings. The van der Waals surface area contributed by atoms with Crippen LogP contribution in [-0.4, -0.2) is 34.9 Å². The van der Waals surface area contributed by atoms with E-state index < -0.39 is 12.1 Å². The summed E-state index contributed by atoms with van der Waals surface area (Å²) in [6, 6.07) is -0.640. The first-order valence-corrected chi connectivity index (χ1v) is 21.2. The lowest BCUT2D eigenvalue weighted by molar-refractivity contribution is -0.123. The van der Waals surface area contributed by atoms with Crippen LogP contribution in [0.15, 0.2) is 36.5 Å². The maximum Gasteiger partial charge on any atom is 0.220 e. The third-order valence-corrected chi connectivity index (χ3v) is 9.58. The lowest BCUT2D eigenvalue weighted by atomic mass is 10.0. The van der Waals surface area contributed by atoms with Gasteiger partial charge in [0, 0.05) is 6.42 Å². The smallest absolute Gasteiger partial charge is 0.220 e. The SMILES string of the molecule is CCC/C=C/CC/C=C/CC/C=C/C(O)C(CO)NC(=O)CCCCCCCCCCCCCCCCCCCCCCCCCCC. The second-order valence-electron chi connectivity index (χ2n) is 14.4. The summed E-state index contributed by atoms with van der Waals surface area (Å²) in [5.74, 6) is -0.0773. The van der Waals surface area contributed by atoms with E-state index in [0.29, 0.717) is 6.42 Å². The van der Waals surface area contributed by atoms with Crippen LogP contribution in [0.2, 0.25) is 0 Å². The molecule has 0 spiro atoms. The fourth-order valence-corrected chi connectivity index (χ4v) is 6.34. The molecule has 0 aliphatic rings. The van der Waals surface area contributed by atoms with E-state index in [0.717, 1.165) is 44.9 Å². The number of hydrogen-bond acceptors (Lipinski definition) is 3. The zero-order chi connectivity index (χ0) is 35.0. The van der Waals surface area contributed by atoms with E-state index in [2.05, 4.69) is 43.5 Å². The van der Waals surface area contributed by atoms with Gasteiger partial charge in [0.25, 0.3) is 0 Å². The third-order valence-electron chi connectivity index (χ3n) is 9.58. The fraction of sp³-hybridized carbons (Fsp3) is 0.841. The van der Waals surface area contributed by atoms with Gasteiger partial charge in [-0.25, -0.2) is 0 Å². The van der Waals surface area contributed by atoms with E-state index in [4.69, 9.17) is 0 Å². The molecule has 0 aromatic heterocycles. The lowest BCUT2D eigenvalue weighted by Crippen LogP contribution is -2.45. The van der Waals surface area contributed by atoms with Crippen LogP contribution in [0.5, 0.6) is 0 Å². The van der Waals surface area contributed by atoms with Gasteiger partial charge in [-0.05, 0) is 38.5 Å². The zero-order valence-electron chi connectivity index (χ0n) is 32.3. The van der Waals surface area contributed by atoms with Gasteiger partial charge >= 0.3 is 0 Å². The van der Waals surface area contributed by atoms with Gasteiger partial charge in [0.1, 0.15) is 0 Å². The number of aliphatic hydroxyl groups excluding tert-OH is 2. The number of allylic oxidation sites excluding steroid dienone is 5. The first kappa shape index (κ1) is 46.6. The molecule has 0 rings (SSSR count). The van der Waals surface area contributed by atoms with Crippen molar-refractivity contribution in [2.45, 2.75) is 231 Å². The van der Waals surface area contributed by atoms with Crippen molar-refractivity contribution in [2.24, 2.45) is 0 Å². The number of carbonyl (C=O) groups is 1. The minimum atomic E-state index is -0.865.